The number of methoxy groups -OCH3 is 1. The first-order chi connectivity index (χ1) is 9.13. The van der Waals surface area contributed by atoms with Gasteiger partial charge >= 0.3 is 5.97 Å². The van der Waals surface area contributed by atoms with Gasteiger partial charge < -0.3 is 14.7 Å². The number of likely N-dealkylation sites (tertiary alicyclic amines) is 1. The van der Waals surface area contributed by atoms with Gasteiger partial charge in [0.1, 0.15) is 6.04 Å². The van der Waals surface area contributed by atoms with Crippen molar-refractivity contribution in [2.75, 3.05) is 13.7 Å². The van der Waals surface area contributed by atoms with Gasteiger partial charge in [-0.1, -0.05) is 0 Å². The standard InChI is InChI=1S/C12H15N3O4/c1-19-10-6-5-8(13-14-10)11(16)15-7-3-2-4-9(15)12(17)18/h5-6,9H,2-4,7H2,1H3,(H,17,18)/t9-/m1/s1. The number of carboxylic acids is 1. The highest BCUT2D eigenvalue weighted by atomic mass is 16.5. The maximum Gasteiger partial charge on any atom is 0.326 e. The largest absolute Gasteiger partial charge is 0.480 e. The van der Waals surface area contributed by atoms with Crippen molar-refractivity contribution < 1.29 is 19.4 Å². The number of hydrogen-bond acceptors (Lipinski definition) is 5. The van der Waals surface area contributed by atoms with E-state index in [1.165, 1.54) is 24.1 Å². The van der Waals surface area contributed by atoms with Crippen molar-refractivity contribution in [3.8, 4) is 5.88 Å². The Hall–Kier alpha value is -2.18. The Kier molecular flexibility index (Phi) is 3.94. The minimum absolute atomic E-state index is 0.133. The molecule has 0 unspecified atom stereocenters. The summed E-state index contributed by atoms with van der Waals surface area (Å²) in [5.74, 6) is -1.07. The monoisotopic (exact) mass is 265 g/mol. The Morgan fingerprint density at radius 3 is 2.74 bits per heavy atom. The molecule has 1 atom stereocenters. The van der Waals surface area contributed by atoms with Crippen LogP contribution < -0.4 is 4.74 Å². The van der Waals surface area contributed by atoms with Gasteiger partial charge in [0.2, 0.25) is 5.88 Å². The Balaban J connectivity index is 2.18. The summed E-state index contributed by atoms with van der Waals surface area (Å²) in [5.41, 5.74) is 0.133. The van der Waals surface area contributed by atoms with Crippen LogP contribution in [0.2, 0.25) is 0 Å². The van der Waals surface area contributed by atoms with Gasteiger partial charge in [0.15, 0.2) is 5.69 Å². The van der Waals surface area contributed by atoms with E-state index in [4.69, 9.17) is 9.84 Å². The molecule has 1 aliphatic heterocycles. The van der Waals surface area contributed by atoms with Crippen LogP contribution in [0.5, 0.6) is 5.88 Å². The number of piperidine rings is 1. The van der Waals surface area contributed by atoms with Gasteiger partial charge in [-0.05, 0) is 25.3 Å². The number of ether oxygens (including phenoxy) is 1. The number of nitrogens with zero attached hydrogens (tertiary/aromatic N) is 3. The fraction of sp³-hybridized carbons (Fsp3) is 0.500. The first-order valence-corrected chi connectivity index (χ1v) is 6.05. The predicted octanol–water partition coefficient (Wildman–Crippen LogP) is 0.565. The highest BCUT2D eigenvalue weighted by molar-refractivity contribution is 5.95. The van der Waals surface area contributed by atoms with E-state index >= 15 is 0 Å². The average molecular weight is 265 g/mol. The molecule has 1 fully saturated rings. The minimum atomic E-state index is -0.977. The Morgan fingerprint density at radius 1 is 1.37 bits per heavy atom. The predicted molar refractivity (Wildman–Crippen MR) is 64.9 cm³/mol. The van der Waals surface area contributed by atoms with Crippen molar-refractivity contribution in [2.24, 2.45) is 0 Å². The molecule has 0 aromatic carbocycles. The fourth-order valence-corrected chi connectivity index (χ4v) is 2.12. The summed E-state index contributed by atoms with van der Waals surface area (Å²) in [6, 6.07) is 2.24. The zero-order chi connectivity index (χ0) is 13.8. The van der Waals surface area contributed by atoms with E-state index in [1.54, 1.807) is 0 Å². The third kappa shape index (κ3) is 2.81. The normalized spacial score (nSPS) is 19.0. The topological polar surface area (TPSA) is 92.6 Å². The third-order valence-electron chi connectivity index (χ3n) is 3.12. The number of carbonyl (C=O) groups excluding carboxylic acids is 1. The van der Waals surface area contributed by atoms with Crippen LogP contribution >= 0.6 is 0 Å². The van der Waals surface area contributed by atoms with E-state index in [0.29, 0.717) is 18.8 Å². The van der Waals surface area contributed by atoms with Gasteiger partial charge in [-0.3, -0.25) is 4.79 Å². The SMILES string of the molecule is COc1ccc(C(=O)N2CCCC[C@@H]2C(=O)O)nn1. The first-order valence-electron chi connectivity index (χ1n) is 6.05. The molecule has 1 amide bonds. The molecule has 0 aliphatic carbocycles. The molecule has 0 bridgehead atoms. The second kappa shape index (κ2) is 5.64. The van der Waals surface area contributed by atoms with E-state index < -0.39 is 17.9 Å². The highest BCUT2D eigenvalue weighted by Gasteiger charge is 2.33. The van der Waals surface area contributed by atoms with Crippen LogP contribution in [0, 0.1) is 0 Å². The summed E-state index contributed by atoms with van der Waals surface area (Å²) in [6.45, 7) is 0.434. The molecule has 1 saturated heterocycles. The van der Waals surface area contributed by atoms with Crippen molar-refractivity contribution in [3.63, 3.8) is 0 Å². The van der Waals surface area contributed by atoms with E-state index in [0.717, 1.165) is 12.8 Å². The molecule has 2 rings (SSSR count). The summed E-state index contributed by atoms with van der Waals surface area (Å²) in [4.78, 5) is 24.7. The van der Waals surface area contributed by atoms with Gasteiger partial charge in [-0.2, -0.15) is 0 Å². The lowest BCUT2D eigenvalue weighted by molar-refractivity contribution is -0.143. The van der Waals surface area contributed by atoms with E-state index in [9.17, 15) is 9.59 Å². The van der Waals surface area contributed by atoms with Gasteiger partial charge in [0.25, 0.3) is 5.91 Å². The zero-order valence-electron chi connectivity index (χ0n) is 10.6. The van der Waals surface area contributed by atoms with Crippen molar-refractivity contribution in [1.82, 2.24) is 15.1 Å². The number of amides is 1. The Morgan fingerprint density at radius 2 is 2.16 bits per heavy atom. The molecule has 1 aromatic rings. The van der Waals surface area contributed by atoms with Crippen molar-refractivity contribution in [2.45, 2.75) is 25.3 Å². The number of carbonyl (C=O) groups is 2. The molecule has 7 heteroatoms. The molecular weight excluding hydrogens is 250 g/mol. The smallest absolute Gasteiger partial charge is 0.326 e. The summed E-state index contributed by atoms with van der Waals surface area (Å²) in [7, 11) is 1.45. The molecule has 102 valence electrons. The number of aromatic nitrogens is 2. The molecule has 1 aliphatic rings. The van der Waals surface area contributed by atoms with Crippen LogP contribution in [0.1, 0.15) is 29.8 Å². The lowest BCUT2D eigenvalue weighted by Crippen LogP contribution is -2.48. The van der Waals surface area contributed by atoms with Gasteiger partial charge in [-0.25, -0.2) is 4.79 Å². The number of aliphatic carboxylic acids is 1. The average Bonchev–Trinajstić information content (AvgIpc) is 2.46. The molecule has 0 saturated carbocycles. The van der Waals surface area contributed by atoms with Crippen LogP contribution in [-0.2, 0) is 4.79 Å². The minimum Gasteiger partial charge on any atom is -0.480 e. The van der Waals surface area contributed by atoms with Crippen LogP contribution in [0.4, 0.5) is 0 Å². The number of hydrogen-bond donors (Lipinski definition) is 1. The van der Waals surface area contributed by atoms with Crippen LogP contribution in [-0.4, -0.2) is 51.8 Å². The maximum absolute atomic E-state index is 12.2. The van der Waals surface area contributed by atoms with Crippen molar-refractivity contribution >= 4 is 11.9 Å². The number of carboxylic acid groups (broad SMARTS) is 1. The molecule has 0 spiro atoms. The third-order valence-corrected chi connectivity index (χ3v) is 3.12. The maximum atomic E-state index is 12.2. The molecule has 1 aromatic heterocycles. The van der Waals surface area contributed by atoms with Crippen LogP contribution in [0.25, 0.3) is 0 Å². The molecule has 2 heterocycles. The van der Waals surface area contributed by atoms with E-state index in [2.05, 4.69) is 10.2 Å². The van der Waals surface area contributed by atoms with E-state index in [1.807, 2.05) is 0 Å². The quantitative estimate of drug-likeness (QED) is 0.858. The summed E-state index contributed by atoms with van der Waals surface area (Å²) < 4.78 is 4.86. The summed E-state index contributed by atoms with van der Waals surface area (Å²) >= 11 is 0. The van der Waals surface area contributed by atoms with Gasteiger partial charge in [-0.15, -0.1) is 10.2 Å². The summed E-state index contributed by atoms with van der Waals surface area (Å²) in [5, 5.41) is 16.6. The first kappa shape index (κ1) is 13.3. The van der Waals surface area contributed by atoms with Gasteiger partial charge in [0, 0.05) is 12.6 Å². The van der Waals surface area contributed by atoms with Gasteiger partial charge in [0.05, 0.1) is 7.11 Å². The zero-order valence-corrected chi connectivity index (χ0v) is 10.6. The lowest BCUT2D eigenvalue weighted by atomic mass is 10.0. The summed E-state index contributed by atoms with van der Waals surface area (Å²) in [6.07, 6.45) is 2.10. The lowest BCUT2D eigenvalue weighted by Gasteiger charge is -2.32. The van der Waals surface area contributed by atoms with Crippen molar-refractivity contribution in [1.29, 1.82) is 0 Å². The Labute approximate surface area is 110 Å². The number of rotatable bonds is 3. The van der Waals surface area contributed by atoms with Crippen LogP contribution in [0.15, 0.2) is 12.1 Å². The molecule has 0 radical (unpaired) electrons. The highest BCUT2D eigenvalue weighted by Crippen LogP contribution is 2.19. The second-order valence-corrected chi connectivity index (χ2v) is 4.31. The molecule has 1 N–H and O–H groups in total. The van der Waals surface area contributed by atoms with Crippen molar-refractivity contribution in [3.05, 3.63) is 17.8 Å². The molecule has 7 nitrogen and oxygen atoms in total. The molecular formula is C12H15N3O4. The molecule has 19 heavy (non-hydrogen) atoms. The second-order valence-electron chi connectivity index (χ2n) is 4.31. The van der Waals surface area contributed by atoms with E-state index in [-0.39, 0.29) is 5.69 Å². The van der Waals surface area contributed by atoms with Crippen LogP contribution in [0.3, 0.4) is 0 Å². The fourth-order valence-electron chi connectivity index (χ4n) is 2.12. The Bertz CT molecular complexity index is 474.